The molecule has 1 aliphatic rings. The van der Waals surface area contributed by atoms with E-state index >= 15 is 0 Å². The van der Waals surface area contributed by atoms with E-state index in [1.165, 1.54) is 7.11 Å². The van der Waals surface area contributed by atoms with Crippen molar-refractivity contribution in [3.8, 4) is 5.75 Å². The van der Waals surface area contributed by atoms with Crippen molar-refractivity contribution in [3.05, 3.63) is 40.6 Å². The smallest absolute Gasteiger partial charge is 0.350 e. The van der Waals surface area contributed by atoms with Gasteiger partial charge in [0.25, 0.3) is 0 Å². The summed E-state index contributed by atoms with van der Waals surface area (Å²) in [5.74, 6) is -2.06. The van der Waals surface area contributed by atoms with Gasteiger partial charge in [-0.1, -0.05) is 6.07 Å². The third-order valence-corrected chi connectivity index (χ3v) is 6.25. The van der Waals surface area contributed by atoms with Gasteiger partial charge in [-0.05, 0) is 23.6 Å². The fraction of sp³-hybridized carbons (Fsp3) is 0.409. The minimum atomic E-state index is -1.02. The Labute approximate surface area is 190 Å². The summed E-state index contributed by atoms with van der Waals surface area (Å²) in [5.41, 5.74) is 1.40. The molecule has 0 radical (unpaired) electrons. The van der Waals surface area contributed by atoms with E-state index in [9.17, 15) is 19.5 Å². The number of hydrogen-bond donors (Lipinski definition) is 2. The van der Waals surface area contributed by atoms with E-state index in [0.29, 0.717) is 18.8 Å². The first-order valence-corrected chi connectivity index (χ1v) is 11.1. The number of carbonyl (C=O) groups excluding carboxylic acids is 2. The first-order chi connectivity index (χ1) is 15.4. The lowest BCUT2D eigenvalue weighted by Crippen LogP contribution is -2.48. The largest absolute Gasteiger partial charge is 0.497 e. The zero-order valence-corrected chi connectivity index (χ0v) is 18.9. The number of nitrogens with zero attached hydrogens (tertiary/aromatic N) is 2. The number of carbonyl (C=O) groups is 3. The minimum absolute atomic E-state index is 0.179. The van der Waals surface area contributed by atoms with Crippen LogP contribution in [0, 0.1) is 5.92 Å². The molecule has 9 nitrogen and oxygen atoms in total. The number of ether oxygens (including phenoxy) is 2. The molecule has 1 fully saturated rings. The monoisotopic (exact) mass is 461 g/mol. The predicted molar refractivity (Wildman–Crippen MR) is 122 cm³/mol. The molecule has 2 heterocycles. The summed E-state index contributed by atoms with van der Waals surface area (Å²) in [6, 6.07) is 9.44. The van der Waals surface area contributed by atoms with Crippen molar-refractivity contribution < 1.29 is 29.0 Å². The number of hydrogen-bond acceptors (Lipinski definition) is 8. The molecule has 32 heavy (non-hydrogen) atoms. The van der Waals surface area contributed by atoms with Gasteiger partial charge in [0.15, 0.2) is 0 Å². The summed E-state index contributed by atoms with van der Waals surface area (Å²) < 4.78 is 9.98. The highest BCUT2D eigenvalue weighted by atomic mass is 32.1. The Hall–Kier alpha value is -3.11. The Kier molecular flexibility index (Phi) is 8.07. The number of amides is 1. The maximum Gasteiger partial charge on any atom is 0.350 e. The number of esters is 1. The number of benzene rings is 1. The van der Waals surface area contributed by atoms with Crippen LogP contribution in [-0.2, 0) is 14.3 Å². The zero-order valence-electron chi connectivity index (χ0n) is 18.1. The number of rotatable bonds is 9. The maximum atomic E-state index is 12.5. The highest BCUT2D eigenvalue weighted by molar-refractivity contribution is 7.12. The van der Waals surface area contributed by atoms with Gasteiger partial charge in [-0.25, -0.2) is 4.79 Å². The van der Waals surface area contributed by atoms with Crippen molar-refractivity contribution >= 4 is 40.6 Å². The molecule has 10 heteroatoms. The Morgan fingerprint density at radius 1 is 1.16 bits per heavy atom. The van der Waals surface area contributed by atoms with Crippen LogP contribution in [-0.4, -0.2) is 74.8 Å². The summed E-state index contributed by atoms with van der Waals surface area (Å²) in [4.78, 5) is 40.6. The van der Waals surface area contributed by atoms with E-state index in [2.05, 4.69) is 15.1 Å². The molecule has 0 aliphatic carbocycles. The second-order valence-electron chi connectivity index (χ2n) is 7.43. The van der Waals surface area contributed by atoms with Gasteiger partial charge in [0.1, 0.15) is 10.6 Å². The maximum absolute atomic E-state index is 12.5. The summed E-state index contributed by atoms with van der Waals surface area (Å²) in [6.45, 7) is 3.17. The number of methoxy groups -OCH3 is 2. The molecule has 1 aromatic carbocycles. The zero-order chi connectivity index (χ0) is 23.1. The Bertz CT molecular complexity index is 955. The summed E-state index contributed by atoms with van der Waals surface area (Å²) in [6.07, 6.45) is -0.179. The second-order valence-corrected chi connectivity index (χ2v) is 8.35. The molecule has 0 spiro atoms. The molecular formula is C22H27N3O6S. The first-order valence-electron chi connectivity index (χ1n) is 10.2. The fourth-order valence-corrected chi connectivity index (χ4v) is 4.39. The van der Waals surface area contributed by atoms with Gasteiger partial charge in [0.05, 0.1) is 25.8 Å². The van der Waals surface area contributed by atoms with Crippen molar-refractivity contribution in [2.75, 3.05) is 57.2 Å². The van der Waals surface area contributed by atoms with Gasteiger partial charge in [-0.15, -0.1) is 11.3 Å². The van der Waals surface area contributed by atoms with E-state index in [-0.39, 0.29) is 17.8 Å². The molecule has 1 aromatic heterocycles. The number of thiophene rings is 1. The van der Waals surface area contributed by atoms with E-state index in [1.54, 1.807) is 18.6 Å². The molecule has 1 aliphatic heterocycles. The van der Waals surface area contributed by atoms with Gasteiger partial charge in [0, 0.05) is 50.9 Å². The van der Waals surface area contributed by atoms with Crippen LogP contribution >= 0.6 is 11.3 Å². The lowest BCUT2D eigenvalue weighted by molar-refractivity contribution is -0.144. The van der Waals surface area contributed by atoms with Crippen LogP contribution in [0.2, 0.25) is 0 Å². The second kappa shape index (κ2) is 11.0. The molecule has 3 rings (SSSR count). The highest BCUT2D eigenvalue weighted by Gasteiger charge is 2.27. The standard InChI is InChI=1S/C22H27N3O6S/c1-30-17-5-3-4-16(13-17)25-9-7-24(8-10-25)14-15(21(27)28)12-19(26)23-18-6-11-32-20(18)22(29)31-2/h3-6,11,13,15H,7-10,12,14H2,1-2H3,(H,23,26)(H,27,28). The SMILES string of the molecule is COC(=O)c1sccc1NC(=O)CC(CN1CCN(c2cccc(OC)c2)CC1)C(=O)O. The van der Waals surface area contributed by atoms with Gasteiger partial charge in [0.2, 0.25) is 5.91 Å². The molecule has 0 saturated carbocycles. The molecule has 2 aromatic rings. The van der Waals surface area contributed by atoms with Gasteiger partial charge < -0.3 is 24.8 Å². The van der Waals surface area contributed by atoms with Crippen LogP contribution < -0.4 is 15.0 Å². The normalized spacial score (nSPS) is 15.1. The molecule has 1 amide bonds. The quantitative estimate of drug-likeness (QED) is 0.548. The van der Waals surface area contributed by atoms with E-state index < -0.39 is 23.8 Å². The van der Waals surface area contributed by atoms with Crippen LogP contribution in [0.5, 0.6) is 5.75 Å². The summed E-state index contributed by atoms with van der Waals surface area (Å²) >= 11 is 1.15. The average Bonchev–Trinajstić information content (AvgIpc) is 3.26. The predicted octanol–water partition coefficient (Wildman–Crippen LogP) is 2.39. The van der Waals surface area contributed by atoms with E-state index in [0.717, 1.165) is 35.9 Å². The van der Waals surface area contributed by atoms with Crippen LogP contribution in [0.4, 0.5) is 11.4 Å². The van der Waals surface area contributed by atoms with Gasteiger partial charge in [-0.2, -0.15) is 0 Å². The molecule has 172 valence electrons. The van der Waals surface area contributed by atoms with Crippen LogP contribution in [0.25, 0.3) is 0 Å². The van der Waals surface area contributed by atoms with Crippen LogP contribution in [0.15, 0.2) is 35.7 Å². The first kappa shape index (κ1) is 23.6. The number of carboxylic acid groups (broad SMARTS) is 1. The lowest BCUT2D eigenvalue weighted by Gasteiger charge is -2.37. The van der Waals surface area contributed by atoms with Crippen LogP contribution in [0.1, 0.15) is 16.1 Å². The van der Waals surface area contributed by atoms with Crippen molar-refractivity contribution in [2.45, 2.75) is 6.42 Å². The van der Waals surface area contributed by atoms with Crippen molar-refractivity contribution in [1.29, 1.82) is 0 Å². The lowest BCUT2D eigenvalue weighted by atomic mass is 10.0. The Morgan fingerprint density at radius 2 is 1.91 bits per heavy atom. The molecule has 1 atom stereocenters. The van der Waals surface area contributed by atoms with Crippen molar-refractivity contribution in [2.24, 2.45) is 5.92 Å². The molecular weight excluding hydrogens is 434 g/mol. The number of anilines is 2. The van der Waals surface area contributed by atoms with Crippen molar-refractivity contribution in [3.63, 3.8) is 0 Å². The third kappa shape index (κ3) is 5.98. The molecule has 2 N–H and O–H groups in total. The third-order valence-electron chi connectivity index (χ3n) is 5.36. The molecule has 0 bridgehead atoms. The topological polar surface area (TPSA) is 108 Å². The Morgan fingerprint density at radius 3 is 2.56 bits per heavy atom. The van der Waals surface area contributed by atoms with Crippen molar-refractivity contribution in [1.82, 2.24) is 4.90 Å². The molecule has 1 unspecified atom stereocenters. The Balaban J connectivity index is 1.53. The average molecular weight is 462 g/mol. The van der Waals surface area contributed by atoms with Crippen LogP contribution in [0.3, 0.4) is 0 Å². The number of piperazine rings is 1. The molecule has 1 saturated heterocycles. The minimum Gasteiger partial charge on any atom is -0.497 e. The summed E-state index contributed by atoms with van der Waals surface area (Å²) in [7, 11) is 2.90. The number of nitrogens with one attached hydrogen (secondary N) is 1. The van der Waals surface area contributed by atoms with Gasteiger partial charge in [-0.3, -0.25) is 14.5 Å². The fourth-order valence-electron chi connectivity index (χ4n) is 3.62. The number of carboxylic acids is 1. The van der Waals surface area contributed by atoms with E-state index in [1.807, 2.05) is 24.3 Å². The number of aliphatic carboxylic acids is 1. The highest BCUT2D eigenvalue weighted by Crippen LogP contribution is 2.25. The van der Waals surface area contributed by atoms with E-state index in [4.69, 9.17) is 9.47 Å². The van der Waals surface area contributed by atoms with Gasteiger partial charge >= 0.3 is 11.9 Å². The summed E-state index contributed by atoms with van der Waals surface area (Å²) in [5, 5.41) is 13.9.